The van der Waals surface area contributed by atoms with E-state index < -0.39 is 0 Å². The van der Waals surface area contributed by atoms with Crippen LogP contribution in [0.25, 0.3) is 0 Å². The number of furan rings is 1. The lowest BCUT2D eigenvalue weighted by Gasteiger charge is -1.94. The Hall–Kier alpha value is -0.570. The van der Waals surface area contributed by atoms with Gasteiger partial charge in [-0.1, -0.05) is 13.3 Å². The highest BCUT2D eigenvalue weighted by Gasteiger charge is 2.43. The lowest BCUT2D eigenvalue weighted by Crippen LogP contribution is -2.02. The predicted molar refractivity (Wildman–Crippen MR) is 52.6 cm³/mol. The van der Waals surface area contributed by atoms with Gasteiger partial charge in [0.05, 0.1) is 10.7 Å². The fraction of sp³-hybridized carbons (Fsp3) is 0.500. The molecule has 2 nitrogen and oxygen atoms in total. The van der Waals surface area contributed by atoms with Crippen LogP contribution in [-0.4, -0.2) is 5.78 Å². The summed E-state index contributed by atoms with van der Waals surface area (Å²) >= 11 is 3.29. The molecular formula is C10H11BrO2. The molecule has 2 rings (SSSR count). The van der Waals surface area contributed by atoms with Crippen molar-refractivity contribution in [2.24, 2.45) is 11.8 Å². The zero-order chi connectivity index (χ0) is 9.42. The maximum Gasteiger partial charge on any atom is 0.202 e. The van der Waals surface area contributed by atoms with E-state index in [9.17, 15) is 4.79 Å². The molecule has 70 valence electrons. The number of hydrogen-bond acceptors (Lipinski definition) is 2. The molecule has 1 heterocycles. The summed E-state index contributed by atoms with van der Waals surface area (Å²) in [5.41, 5.74) is 0. The summed E-state index contributed by atoms with van der Waals surface area (Å²) in [6.07, 6.45) is 3.66. The molecule has 3 heteroatoms. The zero-order valence-electron chi connectivity index (χ0n) is 7.42. The Morgan fingerprint density at radius 1 is 1.77 bits per heavy atom. The van der Waals surface area contributed by atoms with Gasteiger partial charge in [-0.3, -0.25) is 4.79 Å². The van der Waals surface area contributed by atoms with Crippen molar-refractivity contribution in [2.45, 2.75) is 19.8 Å². The monoisotopic (exact) mass is 242 g/mol. The molecule has 2 unspecified atom stereocenters. The normalized spacial score (nSPS) is 26.0. The molecule has 1 fully saturated rings. The van der Waals surface area contributed by atoms with Gasteiger partial charge in [-0.05, 0) is 34.3 Å². The maximum absolute atomic E-state index is 11.7. The molecule has 1 saturated carbocycles. The minimum absolute atomic E-state index is 0.156. The van der Waals surface area contributed by atoms with Crippen molar-refractivity contribution >= 4 is 21.7 Å². The predicted octanol–water partition coefficient (Wildman–Crippen LogP) is 3.27. The third-order valence-corrected chi connectivity index (χ3v) is 3.25. The number of hydrogen-bond donors (Lipinski definition) is 0. The second-order valence-electron chi connectivity index (χ2n) is 3.47. The SMILES string of the molecule is CCC1CC1C(=O)c1occc1Br. The van der Waals surface area contributed by atoms with Crippen LogP contribution >= 0.6 is 15.9 Å². The molecule has 0 radical (unpaired) electrons. The Labute approximate surface area is 85.4 Å². The molecule has 1 aromatic heterocycles. The first kappa shape index (κ1) is 9.00. The molecule has 13 heavy (non-hydrogen) atoms. The highest BCUT2D eigenvalue weighted by Crippen LogP contribution is 2.44. The minimum Gasteiger partial charge on any atom is -0.460 e. The average molecular weight is 243 g/mol. The summed E-state index contributed by atoms with van der Waals surface area (Å²) in [7, 11) is 0. The van der Waals surface area contributed by atoms with Crippen molar-refractivity contribution in [3.63, 3.8) is 0 Å². The van der Waals surface area contributed by atoms with E-state index in [-0.39, 0.29) is 11.7 Å². The summed E-state index contributed by atoms with van der Waals surface area (Å²) in [5, 5.41) is 0. The number of Topliss-reactive ketones (excluding diaryl/α,β-unsaturated/α-hetero) is 1. The molecule has 0 bridgehead atoms. The smallest absolute Gasteiger partial charge is 0.202 e. The first-order valence-electron chi connectivity index (χ1n) is 4.51. The van der Waals surface area contributed by atoms with Crippen LogP contribution in [0, 0.1) is 11.8 Å². The lowest BCUT2D eigenvalue weighted by atomic mass is 10.1. The summed E-state index contributed by atoms with van der Waals surface area (Å²) in [6, 6.07) is 1.76. The largest absolute Gasteiger partial charge is 0.460 e. The van der Waals surface area contributed by atoms with Crippen molar-refractivity contribution in [1.29, 1.82) is 0 Å². The van der Waals surface area contributed by atoms with E-state index in [0.717, 1.165) is 17.3 Å². The summed E-state index contributed by atoms with van der Waals surface area (Å²) in [6.45, 7) is 2.12. The fourth-order valence-electron chi connectivity index (χ4n) is 1.66. The van der Waals surface area contributed by atoms with Gasteiger partial charge >= 0.3 is 0 Å². The number of rotatable bonds is 3. The molecular weight excluding hydrogens is 232 g/mol. The van der Waals surface area contributed by atoms with E-state index in [1.165, 1.54) is 0 Å². The second kappa shape index (κ2) is 3.29. The summed E-state index contributed by atoms with van der Waals surface area (Å²) in [5.74, 6) is 1.45. The Bertz CT molecular complexity index is 329. The van der Waals surface area contributed by atoms with Crippen molar-refractivity contribution < 1.29 is 9.21 Å². The fourth-order valence-corrected chi connectivity index (χ4v) is 2.05. The second-order valence-corrected chi connectivity index (χ2v) is 4.33. The molecule has 2 atom stereocenters. The van der Waals surface area contributed by atoms with Crippen LogP contribution in [0.5, 0.6) is 0 Å². The quantitative estimate of drug-likeness (QED) is 0.762. The number of carbonyl (C=O) groups is 1. The van der Waals surface area contributed by atoms with E-state index in [1.807, 2.05) is 0 Å². The van der Waals surface area contributed by atoms with E-state index >= 15 is 0 Å². The van der Waals surface area contributed by atoms with Gasteiger partial charge in [-0.2, -0.15) is 0 Å². The number of halogens is 1. The van der Waals surface area contributed by atoms with E-state index in [2.05, 4.69) is 22.9 Å². The maximum atomic E-state index is 11.7. The van der Waals surface area contributed by atoms with Crippen molar-refractivity contribution in [3.05, 3.63) is 22.6 Å². The van der Waals surface area contributed by atoms with Gasteiger partial charge in [-0.15, -0.1) is 0 Å². The third kappa shape index (κ3) is 1.57. The van der Waals surface area contributed by atoms with Gasteiger partial charge in [0.25, 0.3) is 0 Å². The Balaban J connectivity index is 2.11. The summed E-state index contributed by atoms with van der Waals surface area (Å²) < 4.78 is 5.90. The van der Waals surface area contributed by atoms with Crippen molar-refractivity contribution in [1.82, 2.24) is 0 Å². The molecule has 1 aromatic rings. The van der Waals surface area contributed by atoms with Crippen LogP contribution in [0.2, 0.25) is 0 Å². The van der Waals surface area contributed by atoms with Crippen LogP contribution in [0.15, 0.2) is 21.2 Å². The van der Waals surface area contributed by atoms with Crippen LogP contribution in [-0.2, 0) is 0 Å². The number of carbonyl (C=O) groups excluding carboxylic acids is 1. The molecule has 0 aliphatic heterocycles. The van der Waals surface area contributed by atoms with Crippen molar-refractivity contribution in [2.75, 3.05) is 0 Å². The Morgan fingerprint density at radius 2 is 2.54 bits per heavy atom. The Kier molecular flexibility index (Phi) is 2.28. The first-order chi connectivity index (χ1) is 6.24. The van der Waals surface area contributed by atoms with Gasteiger partial charge in [0, 0.05) is 5.92 Å². The summed E-state index contributed by atoms with van der Waals surface area (Å²) in [4.78, 5) is 11.7. The average Bonchev–Trinajstić information content (AvgIpc) is 2.80. The molecule has 0 aromatic carbocycles. The van der Waals surface area contributed by atoms with E-state index in [4.69, 9.17) is 4.42 Å². The topological polar surface area (TPSA) is 30.2 Å². The van der Waals surface area contributed by atoms with Gasteiger partial charge < -0.3 is 4.42 Å². The molecule has 1 aliphatic rings. The first-order valence-corrected chi connectivity index (χ1v) is 5.30. The van der Waals surface area contributed by atoms with E-state index in [0.29, 0.717) is 11.7 Å². The highest BCUT2D eigenvalue weighted by atomic mass is 79.9. The third-order valence-electron chi connectivity index (χ3n) is 2.62. The van der Waals surface area contributed by atoms with Crippen molar-refractivity contribution in [3.8, 4) is 0 Å². The van der Waals surface area contributed by atoms with Gasteiger partial charge in [0.15, 0.2) is 5.76 Å². The van der Waals surface area contributed by atoms with Gasteiger partial charge in [0.2, 0.25) is 5.78 Å². The van der Waals surface area contributed by atoms with Crippen LogP contribution in [0.1, 0.15) is 30.3 Å². The number of ketones is 1. The molecule has 0 saturated heterocycles. The van der Waals surface area contributed by atoms with Gasteiger partial charge in [0.1, 0.15) is 0 Å². The standard InChI is InChI=1S/C10H11BrO2/c1-2-6-5-7(6)9(12)10-8(11)3-4-13-10/h3-4,6-7H,2,5H2,1H3. The molecule has 0 spiro atoms. The Morgan fingerprint density at radius 3 is 3.00 bits per heavy atom. The highest BCUT2D eigenvalue weighted by molar-refractivity contribution is 9.10. The zero-order valence-corrected chi connectivity index (χ0v) is 9.00. The van der Waals surface area contributed by atoms with Crippen LogP contribution < -0.4 is 0 Å². The van der Waals surface area contributed by atoms with E-state index in [1.54, 1.807) is 12.3 Å². The molecule has 0 N–H and O–H groups in total. The lowest BCUT2D eigenvalue weighted by molar-refractivity contribution is 0.0932. The molecule has 1 aliphatic carbocycles. The van der Waals surface area contributed by atoms with Gasteiger partial charge in [-0.25, -0.2) is 0 Å². The molecule has 0 amide bonds. The van der Waals surface area contributed by atoms with Crippen LogP contribution in [0.4, 0.5) is 0 Å². The van der Waals surface area contributed by atoms with Crippen LogP contribution in [0.3, 0.4) is 0 Å². The minimum atomic E-state index is 0.156.